The van der Waals surface area contributed by atoms with E-state index in [4.69, 9.17) is 9.47 Å². The monoisotopic (exact) mass is 429 g/mol. The maximum Gasteiger partial charge on any atom is 0.273 e. The lowest BCUT2D eigenvalue weighted by molar-refractivity contribution is -0.132. The summed E-state index contributed by atoms with van der Waals surface area (Å²) in [5, 5.41) is 1.72. The number of amides is 2. The Morgan fingerprint density at radius 2 is 2.00 bits per heavy atom. The molecule has 4 rings (SSSR count). The molecule has 0 aliphatic carbocycles. The molecule has 0 bridgehead atoms. The van der Waals surface area contributed by atoms with Crippen LogP contribution in [0.5, 0.6) is 0 Å². The van der Waals surface area contributed by atoms with Crippen LogP contribution in [0.3, 0.4) is 0 Å². The van der Waals surface area contributed by atoms with Crippen molar-refractivity contribution in [3.63, 3.8) is 0 Å². The lowest BCUT2D eigenvalue weighted by atomic mass is 9.99. The van der Waals surface area contributed by atoms with Crippen molar-refractivity contribution in [3.8, 4) is 0 Å². The SMILES string of the molecule is O=C1CN(C(=O)c2cscn2)C[C@@H](OCc2ccccc2)CN1CC1CCOCC1. The van der Waals surface area contributed by atoms with E-state index in [1.54, 1.807) is 15.8 Å². The normalized spacial score (nSPS) is 20.9. The van der Waals surface area contributed by atoms with Gasteiger partial charge in [0.2, 0.25) is 5.91 Å². The first kappa shape index (κ1) is 21.0. The number of nitrogens with zero attached hydrogens (tertiary/aromatic N) is 3. The van der Waals surface area contributed by atoms with E-state index < -0.39 is 0 Å². The van der Waals surface area contributed by atoms with Gasteiger partial charge in [-0.05, 0) is 24.3 Å². The number of benzene rings is 1. The van der Waals surface area contributed by atoms with Crippen LogP contribution in [0.2, 0.25) is 0 Å². The molecular weight excluding hydrogens is 402 g/mol. The van der Waals surface area contributed by atoms with E-state index in [0.717, 1.165) is 31.6 Å². The van der Waals surface area contributed by atoms with Gasteiger partial charge in [0.25, 0.3) is 5.91 Å². The first-order valence-corrected chi connectivity index (χ1v) is 11.3. The van der Waals surface area contributed by atoms with Crippen molar-refractivity contribution in [1.29, 1.82) is 0 Å². The molecule has 2 fully saturated rings. The summed E-state index contributed by atoms with van der Waals surface area (Å²) in [5.41, 5.74) is 3.09. The molecule has 2 amide bonds. The number of carbonyl (C=O) groups excluding carboxylic acids is 2. The van der Waals surface area contributed by atoms with E-state index in [2.05, 4.69) is 4.98 Å². The van der Waals surface area contributed by atoms with Crippen LogP contribution in [0.4, 0.5) is 0 Å². The zero-order valence-electron chi connectivity index (χ0n) is 16.9. The Labute approximate surface area is 180 Å². The summed E-state index contributed by atoms with van der Waals surface area (Å²) in [6, 6.07) is 9.95. The molecule has 160 valence electrons. The quantitative estimate of drug-likeness (QED) is 0.705. The summed E-state index contributed by atoms with van der Waals surface area (Å²) < 4.78 is 11.6. The van der Waals surface area contributed by atoms with Crippen molar-refractivity contribution < 1.29 is 19.1 Å². The van der Waals surface area contributed by atoms with Gasteiger partial charge in [0.1, 0.15) is 12.2 Å². The number of ether oxygens (including phenoxy) is 2. The predicted octanol–water partition coefficient (Wildman–Crippen LogP) is 2.44. The zero-order valence-corrected chi connectivity index (χ0v) is 17.8. The second-order valence-electron chi connectivity index (χ2n) is 7.83. The van der Waals surface area contributed by atoms with Crippen LogP contribution in [-0.4, -0.2) is 72.1 Å². The largest absolute Gasteiger partial charge is 0.381 e. The standard InChI is InChI=1S/C22H27N3O4S/c26-21-13-25(22(27)20-15-30-16-23-20)12-19(29-14-18-4-2-1-3-5-18)11-24(21)10-17-6-8-28-9-7-17/h1-5,15-17,19H,6-14H2/t19-/m0/s1. The fourth-order valence-electron chi connectivity index (χ4n) is 3.92. The Bertz CT molecular complexity index is 824. The number of rotatable bonds is 6. The van der Waals surface area contributed by atoms with E-state index in [1.165, 1.54) is 11.3 Å². The number of hydrogen-bond donors (Lipinski definition) is 0. The molecule has 7 nitrogen and oxygen atoms in total. The highest BCUT2D eigenvalue weighted by molar-refractivity contribution is 7.07. The topological polar surface area (TPSA) is 72.0 Å². The van der Waals surface area contributed by atoms with Gasteiger partial charge in [-0.3, -0.25) is 9.59 Å². The van der Waals surface area contributed by atoms with Crippen LogP contribution < -0.4 is 0 Å². The lowest BCUT2D eigenvalue weighted by Gasteiger charge is -2.30. The van der Waals surface area contributed by atoms with Gasteiger partial charge in [0.05, 0.1) is 18.2 Å². The van der Waals surface area contributed by atoms with Crippen molar-refractivity contribution in [1.82, 2.24) is 14.8 Å². The summed E-state index contributed by atoms with van der Waals surface area (Å²) >= 11 is 1.37. The molecule has 8 heteroatoms. The summed E-state index contributed by atoms with van der Waals surface area (Å²) in [6.07, 6.45) is 1.67. The van der Waals surface area contributed by atoms with E-state index >= 15 is 0 Å². The van der Waals surface area contributed by atoms with Crippen molar-refractivity contribution >= 4 is 23.2 Å². The molecule has 30 heavy (non-hydrogen) atoms. The van der Waals surface area contributed by atoms with Crippen LogP contribution in [0.1, 0.15) is 28.9 Å². The summed E-state index contributed by atoms with van der Waals surface area (Å²) in [6.45, 7) is 3.55. The molecule has 1 atom stereocenters. The summed E-state index contributed by atoms with van der Waals surface area (Å²) in [5.74, 6) is 0.181. The number of hydrogen-bond acceptors (Lipinski definition) is 6. The molecule has 0 saturated carbocycles. The number of thiazole rings is 1. The maximum atomic E-state index is 13.0. The minimum atomic E-state index is -0.251. The number of carbonyl (C=O) groups is 2. The van der Waals surface area contributed by atoms with Crippen LogP contribution in [-0.2, 0) is 20.9 Å². The molecule has 2 saturated heterocycles. The van der Waals surface area contributed by atoms with Gasteiger partial charge >= 0.3 is 0 Å². The Morgan fingerprint density at radius 1 is 1.20 bits per heavy atom. The highest BCUT2D eigenvalue weighted by Crippen LogP contribution is 2.20. The molecule has 2 aliphatic heterocycles. The van der Waals surface area contributed by atoms with Crippen molar-refractivity contribution in [3.05, 3.63) is 52.5 Å². The van der Waals surface area contributed by atoms with Gasteiger partial charge in [-0.15, -0.1) is 11.3 Å². The van der Waals surface area contributed by atoms with Crippen molar-refractivity contribution in [2.75, 3.05) is 39.4 Å². The first-order chi connectivity index (χ1) is 14.7. The zero-order chi connectivity index (χ0) is 20.8. The van der Waals surface area contributed by atoms with Gasteiger partial charge in [-0.1, -0.05) is 30.3 Å². The van der Waals surface area contributed by atoms with Crippen molar-refractivity contribution in [2.24, 2.45) is 5.92 Å². The van der Waals surface area contributed by atoms with Gasteiger partial charge in [-0.2, -0.15) is 0 Å². The first-order valence-electron chi connectivity index (χ1n) is 10.4. The average molecular weight is 430 g/mol. The summed E-state index contributed by atoms with van der Waals surface area (Å²) in [4.78, 5) is 33.5. The molecule has 3 heterocycles. The fraction of sp³-hybridized carbons (Fsp3) is 0.500. The van der Waals surface area contributed by atoms with Crippen molar-refractivity contribution in [2.45, 2.75) is 25.6 Å². The Kier molecular flexibility index (Phi) is 7.09. The molecule has 1 aromatic heterocycles. The maximum absolute atomic E-state index is 13.0. The highest BCUT2D eigenvalue weighted by atomic mass is 32.1. The fourth-order valence-corrected chi connectivity index (χ4v) is 4.45. The van der Waals surface area contributed by atoms with E-state index in [0.29, 0.717) is 37.9 Å². The minimum Gasteiger partial charge on any atom is -0.381 e. The second kappa shape index (κ2) is 10.1. The minimum absolute atomic E-state index is 0.0316. The molecule has 0 unspecified atom stereocenters. The number of aromatic nitrogens is 1. The van der Waals surface area contributed by atoms with E-state index in [-0.39, 0.29) is 24.5 Å². The molecule has 2 aliphatic rings. The molecule has 0 spiro atoms. The van der Waals surface area contributed by atoms with Gasteiger partial charge in [0.15, 0.2) is 0 Å². The molecule has 1 aromatic carbocycles. The Hall–Kier alpha value is -2.29. The highest BCUT2D eigenvalue weighted by Gasteiger charge is 2.33. The van der Waals surface area contributed by atoms with Crippen LogP contribution in [0.15, 0.2) is 41.2 Å². The Morgan fingerprint density at radius 3 is 2.73 bits per heavy atom. The third-order valence-corrected chi connectivity index (χ3v) is 6.20. The lowest BCUT2D eigenvalue weighted by Crippen LogP contribution is -2.42. The van der Waals surface area contributed by atoms with Gasteiger partial charge < -0.3 is 19.3 Å². The smallest absolute Gasteiger partial charge is 0.273 e. The van der Waals surface area contributed by atoms with E-state index in [1.807, 2.05) is 35.2 Å². The second-order valence-corrected chi connectivity index (χ2v) is 8.55. The summed E-state index contributed by atoms with van der Waals surface area (Å²) in [7, 11) is 0. The Balaban J connectivity index is 1.47. The van der Waals surface area contributed by atoms with Crippen LogP contribution in [0.25, 0.3) is 0 Å². The van der Waals surface area contributed by atoms with Gasteiger partial charge in [0, 0.05) is 38.2 Å². The average Bonchev–Trinajstić information content (AvgIpc) is 3.27. The predicted molar refractivity (Wildman–Crippen MR) is 113 cm³/mol. The molecule has 0 radical (unpaired) electrons. The third kappa shape index (κ3) is 5.44. The molecule has 2 aromatic rings. The van der Waals surface area contributed by atoms with Gasteiger partial charge in [-0.25, -0.2) is 4.98 Å². The third-order valence-electron chi connectivity index (χ3n) is 5.61. The molecular formula is C22H27N3O4S. The van der Waals surface area contributed by atoms with E-state index in [9.17, 15) is 9.59 Å². The molecule has 0 N–H and O–H groups in total. The van der Waals surface area contributed by atoms with Crippen LogP contribution >= 0.6 is 11.3 Å². The van der Waals surface area contributed by atoms with Crippen LogP contribution in [0, 0.1) is 5.92 Å².